The van der Waals surface area contributed by atoms with Crippen LogP contribution in [-0.4, -0.2) is 30.9 Å². The summed E-state index contributed by atoms with van der Waals surface area (Å²) in [4.78, 5) is 28.6. The number of aromatic amines is 1. The van der Waals surface area contributed by atoms with Gasteiger partial charge in [0.2, 0.25) is 5.91 Å². The molecule has 0 aliphatic heterocycles. The van der Waals surface area contributed by atoms with Gasteiger partial charge in [0.15, 0.2) is 5.16 Å². The van der Waals surface area contributed by atoms with Crippen molar-refractivity contribution in [3.05, 3.63) is 47.0 Å². The van der Waals surface area contributed by atoms with Gasteiger partial charge in [-0.25, -0.2) is 9.89 Å². The standard InChI is InChI=1S/C17H19N5O2S/c1-3-10-22-16(24)20-21-17(22)25-11(2)15(23)19-14-8-4-7-13-12(14)6-5-9-18-13/h4-9,11H,3,10H2,1-2H3,(H,19,23)(H,20,24). The van der Waals surface area contributed by atoms with E-state index in [-0.39, 0.29) is 11.6 Å². The predicted octanol–water partition coefficient (Wildman–Crippen LogP) is 2.65. The first-order valence-corrected chi connectivity index (χ1v) is 8.94. The molecule has 3 rings (SSSR count). The molecule has 0 saturated heterocycles. The number of benzene rings is 1. The molecule has 130 valence electrons. The van der Waals surface area contributed by atoms with Crippen molar-refractivity contribution in [3.63, 3.8) is 0 Å². The lowest BCUT2D eigenvalue weighted by molar-refractivity contribution is -0.115. The van der Waals surface area contributed by atoms with E-state index in [0.29, 0.717) is 11.7 Å². The Morgan fingerprint density at radius 1 is 1.36 bits per heavy atom. The molecule has 0 fully saturated rings. The number of fused-ring (bicyclic) bond motifs is 1. The number of thioether (sulfide) groups is 1. The lowest BCUT2D eigenvalue weighted by atomic mass is 10.2. The molecule has 25 heavy (non-hydrogen) atoms. The normalized spacial score (nSPS) is 12.2. The summed E-state index contributed by atoms with van der Waals surface area (Å²) in [5.74, 6) is -0.153. The van der Waals surface area contributed by atoms with Crippen molar-refractivity contribution in [1.82, 2.24) is 19.7 Å². The van der Waals surface area contributed by atoms with Crippen molar-refractivity contribution in [2.45, 2.75) is 37.2 Å². The van der Waals surface area contributed by atoms with Gasteiger partial charge in [-0.05, 0) is 37.6 Å². The minimum Gasteiger partial charge on any atom is -0.324 e. The number of hydrogen-bond donors (Lipinski definition) is 2. The van der Waals surface area contributed by atoms with Gasteiger partial charge in [-0.1, -0.05) is 24.8 Å². The van der Waals surface area contributed by atoms with Crippen molar-refractivity contribution in [2.75, 3.05) is 5.32 Å². The monoisotopic (exact) mass is 357 g/mol. The summed E-state index contributed by atoms with van der Waals surface area (Å²) in [7, 11) is 0. The number of carbonyl (C=O) groups excluding carboxylic acids is 1. The van der Waals surface area contributed by atoms with Gasteiger partial charge in [0, 0.05) is 18.1 Å². The van der Waals surface area contributed by atoms with Crippen LogP contribution in [0.2, 0.25) is 0 Å². The van der Waals surface area contributed by atoms with Gasteiger partial charge in [0.1, 0.15) is 0 Å². The number of H-pyrrole nitrogens is 1. The predicted molar refractivity (Wildman–Crippen MR) is 98.8 cm³/mol. The van der Waals surface area contributed by atoms with Crippen molar-refractivity contribution in [2.24, 2.45) is 0 Å². The fraction of sp³-hybridized carbons (Fsp3) is 0.294. The van der Waals surface area contributed by atoms with Gasteiger partial charge >= 0.3 is 5.69 Å². The molecule has 1 amide bonds. The Kier molecular flexibility index (Phi) is 5.18. The molecule has 0 saturated carbocycles. The van der Waals surface area contributed by atoms with E-state index < -0.39 is 5.25 Å². The van der Waals surface area contributed by atoms with Crippen LogP contribution in [0.4, 0.5) is 5.69 Å². The number of aromatic nitrogens is 4. The maximum atomic E-state index is 12.6. The Balaban J connectivity index is 1.76. The van der Waals surface area contributed by atoms with Crippen LogP contribution in [0.1, 0.15) is 20.3 Å². The summed E-state index contributed by atoms with van der Waals surface area (Å²) >= 11 is 1.26. The molecule has 2 N–H and O–H groups in total. The SMILES string of the molecule is CCCn1c(SC(C)C(=O)Nc2cccc3ncccc23)n[nH]c1=O. The van der Waals surface area contributed by atoms with Crippen LogP contribution in [-0.2, 0) is 11.3 Å². The second kappa shape index (κ2) is 7.52. The zero-order valence-corrected chi connectivity index (χ0v) is 14.8. The highest BCUT2D eigenvalue weighted by Crippen LogP contribution is 2.24. The smallest absolute Gasteiger partial charge is 0.324 e. The van der Waals surface area contributed by atoms with Gasteiger partial charge < -0.3 is 5.32 Å². The topological polar surface area (TPSA) is 92.7 Å². The maximum absolute atomic E-state index is 12.6. The molecule has 0 bridgehead atoms. The Hall–Kier alpha value is -2.61. The fourth-order valence-corrected chi connectivity index (χ4v) is 3.35. The van der Waals surface area contributed by atoms with E-state index in [1.165, 1.54) is 11.8 Å². The maximum Gasteiger partial charge on any atom is 0.343 e. The molecule has 1 aromatic carbocycles. The zero-order valence-electron chi connectivity index (χ0n) is 14.0. The largest absolute Gasteiger partial charge is 0.343 e. The molecule has 0 radical (unpaired) electrons. The third-order valence-electron chi connectivity index (χ3n) is 3.73. The van der Waals surface area contributed by atoms with Crippen LogP contribution in [0.5, 0.6) is 0 Å². The van der Waals surface area contributed by atoms with Gasteiger partial charge in [-0.2, -0.15) is 0 Å². The van der Waals surface area contributed by atoms with E-state index in [1.54, 1.807) is 17.7 Å². The van der Waals surface area contributed by atoms with Crippen LogP contribution in [0.15, 0.2) is 46.5 Å². The highest BCUT2D eigenvalue weighted by atomic mass is 32.2. The lowest BCUT2D eigenvalue weighted by Gasteiger charge is -2.13. The Bertz CT molecular complexity index is 944. The van der Waals surface area contributed by atoms with Crippen LogP contribution < -0.4 is 11.0 Å². The number of nitrogens with zero attached hydrogens (tertiary/aromatic N) is 3. The Labute approximate surface area is 148 Å². The molecule has 8 heteroatoms. The van der Waals surface area contributed by atoms with E-state index in [2.05, 4.69) is 20.5 Å². The molecule has 0 aliphatic rings. The van der Waals surface area contributed by atoms with Crippen LogP contribution in [0.3, 0.4) is 0 Å². The van der Waals surface area contributed by atoms with Gasteiger partial charge in [-0.3, -0.25) is 14.3 Å². The van der Waals surface area contributed by atoms with E-state index in [1.807, 2.05) is 37.3 Å². The third kappa shape index (κ3) is 3.74. The van der Waals surface area contributed by atoms with Gasteiger partial charge in [-0.15, -0.1) is 5.10 Å². The number of hydrogen-bond acceptors (Lipinski definition) is 5. The third-order valence-corrected chi connectivity index (χ3v) is 4.82. The number of rotatable bonds is 6. The number of pyridine rings is 1. The average Bonchev–Trinajstić information content (AvgIpc) is 2.96. The van der Waals surface area contributed by atoms with Crippen molar-refractivity contribution >= 4 is 34.3 Å². The summed E-state index contributed by atoms with van der Waals surface area (Å²) in [5, 5.41) is 10.4. The summed E-state index contributed by atoms with van der Waals surface area (Å²) in [6.07, 6.45) is 2.54. The van der Waals surface area contributed by atoms with E-state index in [0.717, 1.165) is 23.0 Å². The first kappa shape index (κ1) is 17.2. The van der Waals surface area contributed by atoms with E-state index in [4.69, 9.17) is 0 Å². The molecular formula is C17H19N5O2S. The molecule has 7 nitrogen and oxygen atoms in total. The van der Waals surface area contributed by atoms with Crippen molar-refractivity contribution < 1.29 is 4.79 Å². The zero-order chi connectivity index (χ0) is 17.8. The van der Waals surface area contributed by atoms with E-state index in [9.17, 15) is 9.59 Å². The second-order valence-electron chi connectivity index (χ2n) is 5.59. The number of carbonyl (C=O) groups is 1. The summed E-state index contributed by atoms with van der Waals surface area (Å²) < 4.78 is 1.55. The molecule has 0 spiro atoms. The van der Waals surface area contributed by atoms with Crippen LogP contribution in [0.25, 0.3) is 10.9 Å². The molecule has 2 aromatic heterocycles. The molecule has 1 unspecified atom stereocenters. The summed E-state index contributed by atoms with van der Waals surface area (Å²) in [5.41, 5.74) is 1.29. The first-order chi connectivity index (χ1) is 12.1. The fourth-order valence-electron chi connectivity index (χ4n) is 2.47. The highest BCUT2D eigenvalue weighted by molar-refractivity contribution is 8.00. The number of anilines is 1. The minimum absolute atomic E-state index is 0.153. The quantitative estimate of drug-likeness (QED) is 0.662. The average molecular weight is 357 g/mol. The molecule has 3 aromatic rings. The lowest BCUT2D eigenvalue weighted by Crippen LogP contribution is -2.24. The van der Waals surface area contributed by atoms with Crippen molar-refractivity contribution in [3.8, 4) is 0 Å². The number of nitrogens with one attached hydrogen (secondary N) is 2. The van der Waals surface area contributed by atoms with E-state index >= 15 is 0 Å². The minimum atomic E-state index is -0.405. The molecule has 0 aliphatic carbocycles. The first-order valence-electron chi connectivity index (χ1n) is 8.06. The Morgan fingerprint density at radius 3 is 3.00 bits per heavy atom. The van der Waals surface area contributed by atoms with Gasteiger partial charge in [0.25, 0.3) is 0 Å². The Morgan fingerprint density at radius 2 is 2.20 bits per heavy atom. The van der Waals surface area contributed by atoms with Crippen molar-refractivity contribution in [1.29, 1.82) is 0 Å². The number of amides is 1. The van der Waals surface area contributed by atoms with Crippen LogP contribution >= 0.6 is 11.8 Å². The molecular weight excluding hydrogens is 338 g/mol. The van der Waals surface area contributed by atoms with Gasteiger partial charge in [0.05, 0.1) is 16.5 Å². The van der Waals surface area contributed by atoms with Crippen LogP contribution in [0, 0.1) is 0 Å². The molecule has 2 heterocycles. The summed E-state index contributed by atoms with van der Waals surface area (Å²) in [6.45, 7) is 4.35. The molecule has 1 atom stereocenters. The summed E-state index contributed by atoms with van der Waals surface area (Å²) in [6, 6.07) is 9.36. The second-order valence-corrected chi connectivity index (χ2v) is 6.90. The highest BCUT2D eigenvalue weighted by Gasteiger charge is 2.19.